The van der Waals surface area contributed by atoms with Gasteiger partial charge in [0.15, 0.2) is 0 Å². The van der Waals surface area contributed by atoms with Crippen molar-refractivity contribution in [3.8, 4) is 11.1 Å². The van der Waals surface area contributed by atoms with Gasteiger partial charge < -0.3 is 37.2 Å². The molecule has 0 N–H and O–H groups in total. The Morgan fingerprint density at radius 2 is 0.826 bits per heavy atom. The number of aryl methyl sites for hydroxylation is 3. The molecule has 0 saturated heterocycles. The Bertz CT molecular complexity index is 1390. The van der Waals surface area contributed by atoms with Gasteiger partial charge in [0.1, 0.15) is 8.07 Å². The molecular weight excluding hydrogens is 675 g/mol. The Kier molecular flexibility index (Phi) is 19.3. The van der Waals surface area contributed by atoms with Gasteiger partial charge in [0, 0.05) is 0 Å². The van der Waals surface area contributed by atoms with Crippen LogP contribution >= 0.6 is 0 Å². The summed E-state index contributed by atoms with van der Waals surface area (Å²) in [6.45, 7) is 6.83. The summed E-state index contributed by atoms with van der Waals surface area (Å²) < 4.78 is 0. The maximum atomic E-state index is 2.49. The molecule has 0 saturated carbocycles. The van der Waals surface area contributed by atoms with Crippen molar-refractivity contribution in [2.24, 2.45) is 0 Å². The minimum Gasteiger partial charge on any atom is -1.00 e. The first-order chi connectivity index (χ1) is 20.7. The summed E-state index contributed by atoms with van der Waals surface area (Å²) in [4.78, 5) is 0. The molecule has 240 valence electrons. The molecule has 5 aromatic carbocycles. The SMILES string of the molecule is CCCCc1ccc([Si](c2ccc(CCCC)cc2)(c2ccc(CCCC)cc2)[c-]2ccc(-c3ccccc3)c2)cc1.[Cl-].[Cl-].[Cl-].[Ti+4]. The molecule has 0 aliphatic carbocycles. The second-order valence-corrected chi connectivity index (χ2v) is 15.7. The predicted molar refractivity (Wildman–Crippen MR) is 187 cm³/mol. The van der Waals surface area contributed by atoms with Gasteiger partial charge in [-0.1, -0.05) is 164 Å². The van der Waals surface area contributed by atoms with Gasteiger partial charge in [-0.15, -0.1) is 5.19 Å². The van der Waals surface area contributed by atoms with Gasteiger partial charge in [-0.2, -0.15) is 17.7 Å². The van der Waals surface area contributed by atoms with E-state index in [-0.39, 0.29) is 58.9 Å². The van der Waals surface area contributed by atoms with E-state index in [4.69, 9.17) is 0 Å². The zero-order valence-electron chi connectivity index (χ0n) is 27.5. The topological polar surface area (TPSA) is 0 Å². The van der Waals surface area contributed by atoms with E-state index in [2.05, 4.69) is 142 Å². The molecule has 46 heavy (non-hydrogen) atoms. The van der Waals surface area contributed by atoms with Crippen molar-refractivity contribution in [2.75, 3.05) is 0 Å². The first-order valence-electron chi connectivity index (χ1n) is 16.3. The summed E-state index contributed by atoms with van der Waals surface area (Å²) in [6.07, 6.45) is 10.9. The predicted octanol–water partition coefficient (Wildman–Crippen LogP) is -0.513. The van der Waals surface area contributed by atoms with Crippen molar-refractivity contribution in [2.45, 2.75) is 78.6 Å². The van der Waals surface area contributed by atoms with Crippen molar-refractivity contribution in [1.82, 2.24) is 0 Å². The van der Waals surface area contributed by atoms with Gasteiger partial charge in [-0.05, 0) is 55.2 Å². The van der Waals surface area contributed by atoms with Crippen LogP contribution in [0.15, 0.2) is 121 Å². The standard InChI is InChI=1S/C41H47Si.3ClH.Ti/c1-4-7-13-33-18-25-38(26-19-33)42(39-27-20-34(21-28-39)14-8-5-2,40-29-22-35(23-30-40)15-9-6-3)41-31-24-37(32-41)36-16-11-10-12-17-36;;;;/h10-12,16-32H,4-9,13-15H2,1-3H3;3*1H;/q-1;;;;+4/p-3. The average Bonchev–Trinajstić information content (AvgIpc) is 3.55. The number of benzene rings is 4. The van der Waals surface area contributed by atoms with Crippen molar-refractivity contribution < 1.29 is 58.9 Å². The number of hydrogen-bond donors (Lipinski definition) is 0. The van der Waals surface area contributed by atoms with Crippen LogP contribution in [0.1, 0.15) is 76.0 Å². The number of hydrogen-bond acceptors (Lipinski definition) is 0. The van der Waals surface area contributed by atoms with E-state index in [1.807, 2.05) is 0 Å². The fraction of sp³-hybridized carbons (Fsp3) is 0.293. The molecule has 0 heterocycles. The first-order valence-corrected chi connectivity index (χ1v) is 18.3. The van der Waals surface area contributed by atoms with Gasteiger partial charge in [0.2, 0.25) is 0 Å². The molecule has 0 aliphatic rings. The van der Waals surface area contributed by atoms with Crippen molar-refractivity contribution in [1.29, 1.82) is 0 Å². The third-order valence-corrected chi connectivity index (χ3v) is 13.7. The quantitative estimate of drug-likeness (QED) is 0.0825. The van der Waals surface area contributed by atoms with E-state index in [1.54, 1.807) is 0 Å². The van der Waals surface area contributed by atoms with E-state index < -0.39 is 8.07 Å². The number of unbranched alkanes of at least 4 members (excludes halogenated alkanes) is 3. The smallest absolute Gasteiger partial charge is 1.00 e. The van der Waals surface area contributed by atoms with Crippen LogP contribution in [0.5, 0.6) is 0 Å². The molecule has 0 nitrogen and oxygen atoms in total. The molecular formula is C41H47Cl3SiTi. The molecule has 5 aromatic rings. The summed E-state index contributed by atoms with van der Waals surface area (Å²) in [5, 5.41) is 5.87. The molecule has 0 unspecified atom stereocenters. The molecule has 0 amide bonds. The monoisotopic (exact) mass is 720 g/mol. The molecule has 0 bridgehead atoms. The molecule has 0 fully saturated rings. The summed E-state index contributed by atoms with van der Waals surface area (Å²) in [5.74, 6) is 0. The van der Waals surface area contributed by atoms with Gasteiger partial charge in [0.05, 0.1) is 0 Å². The molecule has 5 heteroatoms. The van der Waals surface area contributed by atoms with E-state index >= 15 is 0 Å². The van der Waals surface area contributed by atoms with Gasteiger partial charge in [-0.3, -0.25) is 0 Å². The van der Waals surface area contributed by atoms with Crippen LogP contribution in [0.2, 0.25) is 0 Å². The summed E-state index contributed by atoms with van der Waals surface area (Å²) in [7, 11) is -2.57. The summed E-state index contributed by atoms with van der Waals surface area (Å²) >= 11 is 0. The minimum atomic E-state index is -2.57. The van der Waals surface area contributed by atoms with Crippen LogP contribution in [0.4, 0.5) is 0 Å². The maximum absolute atomic E-state index is 2.57. The average molecular weight is 722 g/mol. The van der Waals surface area contributed by atoms with Gasteiger partial charge >= 0.3 is 21.7 Å². The molecule has 0 atom stereocenters. The fourth-order valence-electron chi connectivity index (χ4n) is 6.39. The zero-order chi connectivity index (χ0) is 29.2. The van der Waals surface area contributed by atoms with Crippen LogP contribution in [0, 0.1) is 0 Å². The third kappa shape index (κ3) is 9.79. The van der Waals surface area contributed by atoms with E-state index in [1.165, 1.54) is 87.1 Å². The van der Waals surface area contributed by atoms with Crippen LogP contribution in [-0.2, 0) is 41.0 Å². The fourth-order valence-corrected chi connectivity index (χ4v) is 11.1. The molecule has 5 rings (SSSR count). The molecule has 0 radical (unpaired) electrons. The van der Waals surface area contributed by atoms with Crippen LogP contribution in [0.25, 0.3) is 11.1 Å². The largest absolute Gasteiger partial charge is 4.00 e. The van der Waals surface area contributed by atoms with Crippen molar-refractivity contribution >= 4 is 28.8 Å². The van der Waals surface area contributed by atoms with Crippen LogP contribution in [0.3, 0.4) is 0 Å². The second kappa shape index (κ2) is 21.1. The third-order valence-electron chi connectivity index (χ3n) is 8.91. The number of rotatable bonds is 14. The molecule has 0 aliphatic heterocycles. The Morgan fingerprint density at radius 1 is 0.457 bits per heavy atom. The van der Waals surface area contributed by atoms with Crippen LogP contribution < -0.4 is 58.0 Å². The minimum absolute atomic E-state index is 0. The zero-order valence-corrected chi connectivity index (χ0v) is 32.4. The maximum Gasteiger partial charge on any atom is 4.00 e. The summed E-state index contributed by atoms with van der Waals surface area (Å²) in [6, 6.07) is 47.3. The van der Waals surface area contributed by atoms with Crippen LogP contribution in [-0.4, -0.2) is 8.07 Å². The van der Waals surface area contributed by atoms with Gasteiger partial charge in [0.25, 0.3) is 0 Å². The Labute approximate surface area is 313 Å². The summed E-state index contributed by atoms with van der Waals surface area (Å²) in [5.41, 5.74) is 6.93. The second-order valence-electron chi connectivity index (χ2n) is 11.9. The molecule has 0 spiro atoms. The Morgan fingerprint density at radius 3 is 1.17 bits per heavy atom. The van der Waals surface area contributed by atoms with E-state index in [0.717, 1.165) is 19.3 Å². The van der Waals surface area contributed by atoms with Gasteiger partial charge in [-0.25, -0.2) is 6.07 Å². The normalized spacial score (nSPS) is 10.6. The first kappa shape index (κ1) is 42.1. The number of halogens is 3. The Balaban J connectivity index is 0.00000264. The van der Waals surface area contributed by atoms with E-state index in [9.17, 15) is 0 Å². The Hall–Kier alpha value is -1.97. The van der Waals surface area contributed by atoms with E-state index in [0.29, 0.717) is 0 Å². The van der Waals surface area contributed by atoms with Crippen molar-refractivity contribution in [3.05, 3.63) is 138 Å². The van der Waals surface area contributed by atoms with Crippen molar-refractivity contribution in [3.63, 3.8) is 0 Å². The molecule has 0 aromatic heterocycles.